The highest BCUT2D eigenvalue weighted by Crippen LogP contribution is 2.32. The lowest BCUT2D eigenvalue weighted by molar-refractivity contribution is -0.00257. The van der Waals surface area contributed by atoms with Gasteiger partial charge >= 0.3 is 6.01 Å². The second-order valence-corrected chi connectivity index (χ2v) is 7.17. The fraction of sp³-hybridized carbons (Fsp3) is 0.556. The molecule has 0 aliphatic heterocycles. The summed E-state index contributed by atoms with van der Waals surface area (Å²) < 4.78 is 4.97. The van der Waals surface area contributed by atoms with Crippen molar-refractivity contribution in [2.45, 2.75) is 51.2 Å². The first-order valence-electron chi connectivity index (χ1n) is 8.57. The van der Waals surface area contributed by atoms with Crippen LogP contribution in [-0.2, 0) is 0 Å². The van der Waals surface area contributed by atoms with Gasteiger partial charge in [-0.15, -0.1) is 0 Å². The predicted molar refractivity (Wildman–Crippen MR) is 93.4 cm³/mol. The van der Waals surface area contributed by atoms with Crippen LogP contribution in [0.4, 0.5) is 0 Å². The molecule has 0 aromatic carbocycles. The highest BCUT2D eigenvalue weighted by Gasteiger charge is 2.31. The summed E-state index contributed by atoms with van der Waals surface area (Å²) in [7, 11) is 1.50. The van der Waals surface area contributed by atoms with Gasteiger partial charge in [-0.2, -0.15) is 4.98 Å². The predicted octanol–water partition coefficient (Wildman–Crippen LogP) is 2.09. The number of ether oxygens (including phenoxy) is 1. The third-order valence-electron chi connectivity index (χ3n) is 4.92. The number of pyridine rings is 1. The van der Waals surface area contributed by atoms with E-state index in [1.54, 1.807) is 12.3 Å². The molecule has 3 rings (SSSR count). The van der Waals surface area contributed by atoms with Crippen molar-refractivity contribution in [3.05, 3.63) is 24.0 Å². The lowest BCUT2D eigenvalue weighted by atomic mass is 9.77. The fourth-order valence-corrected chi connectivity index (χ4v) is 3.34. The van der Waals surface area contributed by atoms with Gasteiger partial charge in [0.1, 0.15) is 0 Å². The molecule has 0 spiro atoms. The van der Waals surface area contributed by atoms with Gasteiger partial charge in [-0.3, -0.25) is 4.79 Å². The van der Waals surface area contributed by atoms with Crippen molar-refractivity contribution in [2.24, 2.45) is 5.92 Å². The number of carbonyl (C=O) groups excluding carboxylic acids is 1. The number of rotatable bonds is 4. The maximum atomic E-state index is 12.5. The van der Waals surface area contributed by atoms with E-state index in [1.807, 2.05) is 13.8 Å². The quantitative estimate of drug-likeness (QED) is 0.881. The molecule has 2 heterocycles. The van der Waals surface area contributed by atoms with Crippen molar-refractivity contribution in [1.82, 2.24) is 20.3 Å². The van der Waals surface area contributed by atoms with Crippen LogP contribution in [0.5, 0.6) is 6.01 Å². The summed E-state index contributed by atoms with van der Waals surface area (Å²) in [4.78, 5) is 24.9. The van der Waals surface area contributed by atoms with E-state index >= 15 is 0 Å². The van der Waals surface area contributed by atoms with Crippen LogP contribution in [0.15, 0.2) is 18.5 Å². The summed E-state index contributed by atoms with van der Waals surface area (Å²) in [5.41, 5.74) is 0.332. The number of hydrogen-bond donors (Lipinski definition) is 2. The molecule has 1 saturated carbocycles. The molecule has 7 nitrogen and oxygen atoms in total. The average Bonchev–Trinajstić information content (AvgIpc) is 2.60. The Labute approximate surface area is 146 Å². The lowest BCUT2D eigenvalue weighted by Crippen LogP contribution is -2.41. The molecular weight excluding hydrogens is 320 g/mol. The van der Waals surface area contributed by atoms with Gasteiger partial charge in [0.15, 0.2) is 5.65 Å². The highest BCUT2D eigenvalue weighted by atomic mass is 16.5. The molecule has 134 valence electrons. The van der Waals surface area contributed by atoms with Crippen LogP contribution in [0.25, 0.3) is 11.0 Å². The van der Waals surface area contributed by atoms with Crippen LogP contribution in [0, 0.1) is 5.92 Å². The van der Waals surface area contributed by atoms with E-state index in [0.29, 0.717) is 16.6 Å². The van der Waals surface area contributed by atoms with Gasteiger partial charge in [-0.1, -0.05) is 0 Å². The van der Waals surface area contributed by atoms with Gasteiger partial charge < -0.3 is 15.2 Å². The van der Waals surface area contributed by atoms with E-state index < -0.39 is 5.60 Å². The molecule has 2 aromatic rings. The van der Waals surface area contributed by atoms with Crippen LogP contribution >= 0.6 is 0 Å². The minimum atomic E-state index is -0.654. The van der Waals surface area contributed by atoms with Gasteiger partial charge in [-0.25, -0.2) is 9.97 Å². The Morgan fingerprint density at radius 3 is 2.60 bits per heavy atom. The minimum Gasteiger partial charge on any atom is -0.467 e. The Bertz CT molecular complexity index is 764. The van der Waals surface area contributed by atoms with Gasteiger partial charge in [0.25, 0.3) is 5.91 Å². The summed E-state index contributed by atoms with van der Waals surface area (Å²) in [6, 6.07) is 2.12. The van der Waals surface area contributed by atoms with Gasteiger partial charge in [0, 0.05) is 23.8 Å². The molecule has 0 saturated heterocycles. The van der Waals surface area contributed by atoms with Crippen LogP contribution in [0.2, 0.25) is 0 Å². The molecule has 0 atom stereocenters. The largest absolute Gasteiger partial charge is 0.467 e. The van der Waals surface area contributed by atoms with Crippen LogP contribution in [0.1, 0.15) is 49.9 Å². The zero-order valence-corrected chi connectivity index (χ0v) is 14.8. The summed E-state index contributed by atoms with van der Waals surface area (Å²) >= 11 is 0. The van der Waals surface area contributed by atoms with Crippen LogP contribution < -0.4 is 10.1 Å². The molecule has 1 fully saturated rings. The van der Waals surface area contributed by atoms with Gasteiger partial charge in [0.2, 0.25) is 0 Å². The average molecular weight is 344 g/mol. The number of carbonyl (C=O) groups is 1. The standard InChI is InChI=1S/C18H24N4O3/c1-18(2,24)13-4-6-14(7-5-13)21-16(23)12-8-11-9-20-17(25-3)22-15(11)19-10-12/h8-10,13-14,24H,4-7H2,1-3H3,(H,21,23). The normalized spacial score (nSPS) is 21.1. The van der Waals surface area contributed by atoms with E-state index in [9.17, 15) is 9.90 Å². The first-order chi connectivity index (χ1) is 11.9. The number of fused-ring (bicyclic) bond motifs is 1. The highest BCUT2D eigenvalue weighted by molar-refractivity contribution is 5.96. The number of aliphatic hydroxyl groups is 1. The lowest BCUT2D eigenvalue weighted by Gasteiger charge is -2.36. The second kappa shape index (κ2) is 6.92. The van der Waals surface area contributed by atoms with Crippen molar-refractivity contribution < 1.29 is 14.6 Å². The molecule has 0 unspecified atom stereocenters. The number of hydrogen-bond acceptors (Lipinski definition) is 6. The van der Waals surface area contributed by atoms with Crippen molar-refractivity contribution in [3.63, 3.8) is 0 Å². The monoisotopic (exact) mass is 344 g/mol. The first-order valence-corrected chi connectivity index (χ1v) is 8.57. The SMILES string of the molecule is COc1ncc2cc(C(=O)NC3CCC(C(C)(C)O)CC3)cnc2n1. The van der Waals surface area contributed by atoms with E-state index in [4.69, 9.17) is 4.74 Å². The smallest absolute Gasteiger partial charge is 0.318 e. The molecule has 2 aromatic heterocycles. The van der Waals surface area contributed by atoms with Crippen molar-refractivity contribution in [2.75, 3.05) is 7.11 Å². The molecule has 0 bridgehead atoms. The number of nitrogens with zero attached hydrogens (tertiary/aromatic N) is 3. The van der Waals surface area contributed by atoms with Crippen molar-refractivity contribution >= 4 is 16.9 Å². The zero-order valence-electron chi connectivity index (χ0n) is 14.8. The Morgan fingerprint density at radius 2 is 1.96 bits per heavy atom. The van der Waals surface area contributed by atoms with Gasteiger partial charge in [0.05, 0.1) is 18.3 Å². The molecule has 1 amide bonds. The number of aromatic nitrogens is 3. The zero-order chi connectivity index (χ0) is 18.0. The number of methoxy groups -OCH3 is 1. The first kappa shape index (κ1) is 17.5. The number of amides is 1. The van der Waals surface area contributed by atoms with Crippen LogP contribution in [-0.4, -0.2) is 44.7 Å². The summed E-state index contributed by atoms with van der Waals surface area (Å²) in [5, 5.41) is 13.9. The Hall–Kier alpha value is -2.28. The molecule has 7 heteroatoms. The van der Waals surface area contributed by atoms with E-state index in [-0.39, 0.29) is 23.9 Å². The Morgan fingerprint density at radius 1 is 1.24 bits per heavy atom. The molecule has 25 heavy (non-hydrogen) atoms. The second-order valence-electron chi connectivity index (χ2n) is 7.17. The Balaban J connectivity index is 1.65. The van der Waals surface area contributed by atoms with Crippen molar-refractivity contribution in [1.29, 1.82) is 0 Å². The van der Waals surface area contributed by atoms with E-state index in [0.717, 1.165) is 25.7 Å². The van der Waals surface area contributed by atoms with Crippen molar-refractivity contribution in [3.8, 4) is 6.01 Å². The molecule has 1 aliphatic carbocycles. The third-order valence-corrected chi connectivity index (χ3v) is 4.92. The maximum Gasteiger partial charge on any atom is 0.318 e. The summed E-state index contributed by atoms with van der Waals surface area (Å²) in [5.74, 6) is 0.145. The summed E-state index contributed by atoms with van der Waals surface area (Å²) in [6.45, 7) is 3.71. The minimum absolute atomic E-state index is 0.133. The topological polar surface area (TPSA) is 97.2 Å². The molecule has 2 N–H and O–H groups in total. The molecule has 1 aliphatic rings. The third kappa shape index (κ3) is 4.04. The molecular formula is C18H24N4O3. The van der Waals surface area contributed by atoms with Crippen LogP contribution in [0.3, 0.4) is 0 Å². The Kier molecular flexibility index (Phi) is 4.85. The number of nitrogens with one attached hydrogen (secondary N) is 1. The maximum absolute atomic E-state index is 12.5. The molecule has 0 radical (unpaired) electrons. The summed E-state index contributed by atoms with van der Waals surface area (Å²) in [6.07, 6.45) is 6.70. The fourth-order valence-electron chi connectivity index (χ4n) is 3.34. The van der Waals surface area contributed by atoms with E-state index in [1.165, 1.54) is 13.3 Å². The van der Waals surface area contributed by atoms with E-state index in [2.05, 4.69) is 20.3 Å². The van der Waals surface area contributed by atoms with Gasteiger partial charge in [-0.05, 0) is 51.5 Å².